The van der Waals surface area contributed by atoms with Gasteiger partial charge in [0, 0.05) is 11.6 Å². The zero-order valence-electron chi connectivity index (χ0n) is 21.1. The standard InChI is InChI=1S/C31H33F3O3/c1-3-4-17-36-25-13-16-29(28(32)18-25)37-19-21-5-7-23(8-6-21)26-14-15-27(31(34)30(26)33)24-11-9-22(10-12-24)20(2)35/h3,5-8,13-16,18,20,22,24,35H,1,4,9-12,17,19H2,2H3. The van der Waals surface area contributed by atoms with Crippen molar-refractivity contribution in [1.82, 2.24) is 0 Å². The van der Waals surface area contributed by atoms with Crippen LogP contribution in [0.1, 0.15) is 56.1 Å². The molecule has 3 aromatic carbocycles. The maximum absolute atomic E-state index is 15.1. The van der Waals surface area contributed by atoms with Gasteiger partial charge in [0.2, 0.25) is 0 Å². The molecule has 3 aromatic rings. The topological polar surface area (TPSA) is 38.7 Å². The van der Waals surface area contributed by atoms with Crippen LogP contribution in [0.5, 0.6) is 11.5 Å². The lowest BCUT2D eigenvalue weighted by atomic mass is 9.76. The van der Waals surface area contributed by atoms with Crippen molar-refractivity contribution in [1.29, 1.82) is 0 Å². The van der Waals surface area contributed by atoms with Crippen molar-refractivity contribution in [3.05, 3.63) is 95.8 Å². The average molecular weight is 511 g/mol. The minimum Gasteiger partial charge on any atom is -0.493 e. The lowest BCUT2D eigenvalue weighted by molar-refractivity contribution is 0.0964. The van der Waals surface area contributed by atoms with Crippen molar-refractivity contribution in [3.63, 3.8) is 0 Å². The van der Waals surface area contributed by atoms with Gasteiger partial charge < -0.3 is 14.6 Å². The smallest absolute Gasteiger partial charge is 0.168 e. The van der Waals surface area contributed by atoms with Crippen LogP contribution >= 0.6 is 0 Å². The summed E-state index contributed by atoms with van der Waals surface area (Å²) in [6, 6.07) is 14.7. The number of benzene rings is 3. The number of hydrogen-bond acceptors (Lipinski definition) is 3. The summed E-state index contributed by atoms with van der Waals surface area (Å²) < 4.78 is 55.5. The van der Waals surface area contributed by atoms with Crippen LogP contribution in [0.15, 0.2) is 67.3 Å². The van der Waals surface area contributed by atoms with Crippen molar-refractivity contribution in [2.45, 2.75) is 57.7 Å². The van der Waals surface area contributed by atoms with E-state index in [2.05, 4.69) is 6.58 Å². The zero-order valence-corrected chi connectivity index (χ0v) is 21.1. The van der Waals surface area contributed by atoms with Gasteiger partial charge in [-0.2, -0.15) is 0 Å². The number of rotatable bonds is 10. The molecule has 1 atom stereocenters. The van der Waals surface area contributed by atoms with Crippen molar-refractivity contribution >= 4 is 0 Å². The largest absolute Gasteiger partial charge is 0.493 e. The maximum Gasteiger partial charge on any atom is 0.168 e. The Bertz CT molecular complexity index is 1200. The molecule has 1 N–H and O–H groups in total. The molecule has 196 valence electrons. The lowest BCUT2D eigenvalue weighted by Crippen LogP contribution is -2.23. The molecule has 0 radical (unpaired) electrons. The van der Waals surface area contributed by atoms with Crippen LogP contribution in [0.2, 0.25) is 0 Å². The Morgan fingerprint density at radius 3 is 2.32 bits per heavy atom. The molecule has 1 aliphatic carbocycles. The van der Waals surface area contributed by atoms with Gasteiger partial charge in [0.15, 0.2) is 23.2 Å². The highest BCUT2D eigenvalue weighted by molar-refractivity contribution is 5.65. The van der Waals surface area contributed by atoms with Gasteiger partial charge >= 0.3 is 0 Å². The minimum atomic E-state index is -0.850. The zero-order chi connectivity index (χ0) is 26.4. The average Bonchev–Trinajstić information content (AvgIpc) is 2.90. The van der Waals surface area contributed by atoms with E-state index in [1.54, 1.807) is 55.5 Å². The van der Waals surface area contributed by atoms with E-state index in [1.165, 1.54) is 12.1 Å². The van der Waals surface area contributed by atoms with Gasteiger partial charge in [-0.05, 0) is 79.7 Å². The lowest BCUT2D eigenvalue weighted by Gasteiger charge is -2.30. The number of aliphatic hydroxyl groups excluding tert-OH is 1. The Labute approximate surface area is 216 Å². The summed E-state index contributed by atoms with van der Waals surface area (Å²) in [7, 11) is 0. The van der Waals surface area contributed by atoms with Crippen LogP contribution in [-0.2, 0) is 6.61 Å². The molecule has 0 amide bonds. The summed E-state index contributed by atoms with van der Waals surface area (Å²) in [5.41, 5.74) is 1.93. The fourth-order valence-corrected chi connectivity index (χ4v) is 4.91. The van der Waals surface area contributed by atoms with Gasteiger partial charge in [-0.15, -0.1) is 6.58 Å². The third-order valence-electron chi connectivity index (χ3n) is 7.16. The molecule has 0 spiro atoms. The molecule has 0 aliphatic heterocycles. The van der Waals surface area contributed by atoms with E-state index in [1.807, 2.05) is 0 Å². The highest BCUT2D eigenvalue weighted by atomic mass is 19.2. The molecular weight excluding hydrogens is 477 g/mol. The Balaban J connectivity index is 1.39. The van der Waals surface area contributed by atoms with Gasteiger partial charge in [-0.1, -0.05) is 42.5 Å². The molecule has 0 saturated heterocycles. The predicted octanol–water partition coefficient (Wildman–Crippen LogP) is 7.96. The fraction of sp³-hybridized carbons (Fsp3) is 0.355. The van der Waals surface area contributed by atoms with E-state index in [0.717, 1.165) is 31.2 Å². The molecule has 4 rings (SSSR count). The third kappa shape index (κ3) is 6.55. The number of halogens is 3. The monoisotopic (exact) mass is 510 g/mol. The first-order chi connectivity index (χ1) is 17.9. The molecule has 3 nitrogen and oxygen atoms in total. The first kappa shape index (κ1) is 26.8. The molecule has 1 aliphatic rings. The fourth-order valence-electron chi connectivity index (χ4n) is 4.91. The summed E-state index contributed by atoms with van der Waals surface area (Å²) in [5, 5.41) is 9.80. The molecular formula is C31H33F3O3. The second-order valence-electron chi connectivity index (χ2n) is 9.69. The molecule has 0 heterocycles. The number of aliphatic hydroxyl groups is 1. The molecule has 6 heteroatoms. The van der Waals surface area contributed by atoms with Crippen LogP contribution in [0.25, 0.3) is 11.1 Å². The quantitative estimate of drug-likeness (QED) is 0.222. The Hall–Kier alpha value is -3.25. The first-order valence-corrected chi connectivity index (χ1v) is 12.8. The summed E-state index contributed by atoms with van der Waals surface area (Å²) >= 11 is 0. The SMILES string of the molecule is C=CCCOc1ccc(OCc2ccc(-c3ccc(C4CCC(C(C)O)CC4)c(F)c3F)cc2)c(F)c1. The minimum absolute atomic E-state index is 0.0359. The van der Waals surface area contributed by atoms with E-state index in [-0.39, 0.29) is 35.9 Å². The molecule has 0 aromatic heterocycles. The van der Waals surface area contributed by atoms with Gasteiger partial charge in [0.1, 0.15) is 12.4 Å². The van der Waals surface area contributed by atoms with Crippen molar-refractivity contribution in [2.75, 3.05) is 6.61 Å². The van der Waals surface area contributed by atoms with Crippen molar-refractivity contribution in [2.24, 2.45) is 5.92 Å². The Morgan fingerprint density at radius 1 is 0.946 bits per heavy atom. The van der Waals surface area contributed by atoms with Gasteiger partial charge in [-0.3, -0.25) is 0 Å². The number of hydrogen-bond donors (Lipinski definition) is 1. The van der Waals surface area contributed by atoms with Crippen LogP contribution in [0, 0.1) is 23.4 Å². The van der Waals surface area contributed by atoms with Crippen LogP contribution in [-0.4, -0.2) is 17.8 Å². The van der Waals surface area contributed by atoms with Crippen LogP contribution < -0.4 is 9.47 Å². The first-order valence-electron chi connectivity index (χ1n) is 12.8. The predicted molar refractivity (Wildman–Crippen MR) is 139 cm³/mol. The highest BCUT2D eigenvalue weighted by Gasteiger charge is 2.28. The van der Waals surface area contributed by atoms with Crippen molar-refractivity contribution in [3.8, 4) is 22.6 Å². The van der Waals surface area contributed by atoms with E-state index < -0.39 is 17.5 Å². The molecule has 1 fully saturated rings. The molecule has 1 unspecified atom stereocenters. The summed E-state index contributed by atoms with van der Waals surface area (Å²) in [5.74, 6) is -1.45. The van der Waals surface area contributed by atoms with Crippen LogP contribution in [0.3, 0.4) is 0 Å². The summed E-state index contributed by atoms with van der Waals surface area (Å²) in [6.07, 6.45) is 5.13. The van der Waals surface area contributed by atoms with E-state index in [0.29, 0.717) is 29.9 Å². The molecule has 0 bridgehead atoms. The van der Waals surface area contributed by atoms with Gasteiger partial charge in [-0.25, -0.2) is 13.2 Å². The molecule has 1 saturated carbocycles. The van der Waals surface area contributed by atoms with Crippen molar-refractivity contribution < 1.29 is 27.8 Å². The third-order valence-corrected chi connectivity index (χ3v) is 7.16. The van der Waals surface area contributed by atoms with E-state index >= 15 is 8.78 Å². The maximum atomic E-state index is 15.1. The van der Waals surface area contributed by atoms with Gasteiger partial charge in [0.05, 0.1) is 12.7 Å². The van der Waals surface area contributed by atoms with Gasteiger partial charge in [0.25, 0.3) is 0 Å². The summed E-state index contributed by atoms with van der Waals surface area (Å²) in [4.78, 5) is 0. The normalized spacial score (nSPS) is 18.3. The van der Waals surface area contributed by atoms with E-state index in [9.17, 15) is 9.50 Å². The van der Waals surface area contributed by atoms with Crippen LogP contribution in [0.4, 0.5) is 13.2 Å². The Kier molecular flexibility index (Phi) is 8.93. The molecule has 37 heavy (non-hydrogen) atoms. The summed E-state index contributed by atoms with van der Waals surface area (Å²) in [6.45, 7) is 5.95. The highest BCUT2D eigenvalue weighted by Crippen LogP contribution is 2.39. The number of ether oxygens (including phenoxy) is 2. The second kappa shape index (κ2) is 12.3. The Morgan fingerprint density at radius 2 is 1.68 bits per heavy atom. The second-order valence-corrected chi connectivity index (χ2v) is 9.69. The van der Waals surface area contributed by atoms with E-state index in [4.69, 9.17) is 9.47 Å².